The van der Waals surface area contributed by atoms with Crippen molar-refractivity contribution in [1.82, 2.24) is 0 Å². The third-order valence-corrected chi connectivity index (χ3v) is 4.81. The third-order valence-electron chi connectivity index (χ3n) is 4.81. The van der Waals surface area contributed by atoms with E-state index in [2.05, 4.69) is 6.92 Å². The fourth-order valence-corrected chi connectivity index (χ4v) is 3.41. The maximum atomic E-state index is 10.7. The molecule has 1 aliphatic carbocycles. The monoisotopic (exact) mass is 306 g/mol. The molecule has 0 aliphatic heterocycles. The van der Waals surface area contributed by atoms with Crippen LogP contribution in [0, 0.1) is 11.8 Å². The smallest absolute Gasteiger partial charge is 0.161 e. The highest BCUT2D eigenvalue weighted by Gasteiger charge is 2.27. The van der Waals surface area contributed by atoms with Gasteiger partial charge in [-0.05, 0) is 56.2 Å². The molecular formula is C19H30O3. The Kier molecular flexibility index (Phi) is 6.13. The largest absolute Gasteiger partial charge is 0.493 e. The molecule has 3 heteroatoms. The first-order valence-electron chi connectivity index (χ1n) is 8.57. The van der Waals surface area contributed by atoms with E-state index in [-0.39, 0.29) is 6.10 Å². The number of benzene rings is 1. The summed E-state index contributed by atoms with van der Waals surface area (Å²) in [6.07, 6.45) is 5.66. The normalized spacial score (nSPS) is 23.4. The molecule has 0 radical (unpaired) electrons. The molecule has 1 unspecified atom stereocenters. The Bertz CT molecular complexity index is 462. The van der Waals surface area contributed by atoms with Crippen LogP contribution in [0.4, 0.5) is 0 Å². The molecule has 1 fully saturated rings. The fraction of sp³-hybridized carbons (Fsp3) is 0.684. The minimum atomic E-state index is -0.404. The van der Waals surface area contributed by atoms with E-state index in [1.807, 2.05) is 32.0 Å². The first kappa shape index (κ1) is 17.1. The Morgan fingerprint density at radius 1 is 1.14 bits per heavy atom. The van der Waals surface area contributed by atoms with Crippen molar-refractivity contribution in [3.8, 4) is 11.5 Å². The summed E-state index contributed by atoms with van der Waals surface area (Å²) in [6, 6.07) is 5.80. The minimum absolute atomic E-state index is 0.0845. The third kappa shape index (κ3) is 4.16. The van der Waals surface area contributed by atoms with Crippen LogP contribution in [0.2, 0.25) is 0 Å². The van der Waals surface area contributed by atoms with Gasteiger partial charge in [0, 0.05) is 0 Å². The predicted molar refractivity (Wildman–Crippen MR) is 89.5 cm³/mol. The molecule has 1 aliphatic rings. The summed E-state index contributed by atoms with van der Waals surface area (Å²) in [4.78, 5) is 0. The zero-order chi connectivity index (χ0) is 16.1. The lowest BCUT2D eigenvalue weighted by Crippen LogP contribution is -2.20. The van der Waals surface area contributed by atoms with E-state index in [9.17, 15) is 5.11 Å². The summed E-state index contributed by atoms with van der Waals surface area (Å²) >= 11 is 0. The number of hydrogen-bond donors (Lipinski definition) is 1. The molecule has 3 nitrogen and oxygen atoms in total. The van der Waals surface area contributed by atoms with Crippen molar-refractivity contribution in [2.75, 3.05) is 7.11 Å². The molecule has 1 aromatic rings. The number of ether oxygens (including phenoxy) is 2. The number of aliphatic hydroxyl groups is 1. The molecule has 0 saturated heterocycles. The van der Waals surface area contributed by atoms with Gasteiger partial charge >= 0.3 is 0 Å². The maximum Gasteiger partial charge on any atom is 0.161 e. The van der Waals surface area contributed by atoms with Gasteiger partial charge in [-0.25, -0.2) is 0 Å². The van der Waals surface area contributed by atoms with Crippen molar-refractivity contribution >= 4 is 0 Å². The van der Waals surface area contributed by atoms with Crippen LogP contribution in [0.15, 0.2) is 18.2 Å². The summed E-state index contributed by atoms with van der Waals surface area (Å²) in [5, 5.41) is 10.7. The second-order valence-corrected chi connectivity index (χ2v) is 6.71. The number of aliphatic hydroxyl groups excluding tert-OH is 1. The van der Waals surface area contributed by atoms with E-state index in [1.54, 1.807) is 7.11 Å². The molecule has 0 bridgehead atoms. The molecule has 2 rings (SSSR count). The van der Waals surface area contributed by atoms with Gasteiger partial charge in [-0.3, -0.25) is 0 Å². The average Bonchev–Trinajstić information content (AvgIpc) is 2.53. The number of methoxy groups -OCH3 is 1. The summed E-state index contributed by atoms with van der Waals surface area (Å²) in [6.45, 7) is 6.25. The van der Waals surface area contributed by atoms with E-state index in [1.165, 1.54) is 19.3 Å². The van der Waals surface area contributed by atoms with Crippen molar-refractivity contribution < 1.29 is 14.6 Å². The molecule has 0 heterocycles. The van der Waals surface area contributed by atoms with Gasteiger partial charge in [0.2, 0.25) is 0 Å². The molecule has 1 atom stereocenters. The minimum Gasteiger partial charge on any atom is -0.493 e. The van der Waals surface area contributed by atoms with Gasteiger partial charge in [-0.1, -0.05) is 32.3 Å². The first-order chi connectivity index (χ1) is 10.5. The van der Waals surface area contributed by atoms with Crippen molar-refractivity contribution in [3.05, 3.63) is 23.8 Å². The second-order valence-electron chi connectivity index (χ2n) is 6.71. The quantitative estimate of drug-likeness (QED) is 0.825. The van der Waals surface area contributed by atoms with Crippen LogP contribution in [0.5, 0.6) is 11.5 Å². The number of rotatable bonds is 6. The van der Waals surface area contributed by atoms with E-state index in [4.69, 9.17) is 9.47 Å². The van der Waals surface area contributed by atoms with Crippen molar-refractivity contribution in [1.29, 1.82) is 0 Å². The summed E-state index contributed by atoms with van der Waals surface area (Å²) in [7, 11) is 1.64. The SMILES string of the molecule is CCC1CCC(C(O)c2ccc(OC)c(OC(C)C)c2)CC1. The lowest BCUT2D eigenvalue weighted by Gasteiger charge is -2.31. The molecule has 124 valence electrons. The Morgan fingerprint density at radius 3 is 2.36 bits per heavy atom. The van der Waals surface area contributed by atoms with Gasteiger partial charge in [0.05, 0.1) is 19.3 Å². The van der Waals surface area contributed by atoms with Crippen LogP contribution in [0.25, 0.3) is 0 Å². The second kappa shape index (κ2) is 7.87. The molecule has 1 saturated carbocycles. The topological polar surface area (TPSA) is 38.7 Å². The fourth-order valence-electron chi connectivity index (χ4n) is 3.41. The highest BCUT2D eigenvalue weighted by Crippen LogP contribution is 2.40. The van der Waals surface area contributed by atoms with Gasteiger partial charge in [-0.2, -0.15) is 0 Å². The highest BCUT2D eigenvalue weighted by atomic mass is 16.5. The molecule has 0 amide bonds. The van der Waals surface area contributed by atoms with Crippen molar-refractivity contribution in [2.24, 2.45) is 11.8 Å². The van der Waals surface area contributed by atoms with Crippen LogP contribution >= 0.6 is 0 Å². The Hall–Kier alpha value is -1.22. The Balaban J connectivity index is 2.10. The molecular weight excluding hydrogens is 276 g/mol. The number of hydrogen-bond acceptors (Lipinski definition) is 3. The van der Waals surface area contributed by atoms with Crippen LogP contribution < -0.4 is 9.47 Å². The Morgan fingerprint density at radius 2 is 1.82 bits per heavy atom. The van der Waals surface area contributed by atoms with Crippen LogP contribution in [0.1, 0.15) is 64.5 Å². The standard InChI is InChI=1S/C19H30O3/c1-5-14-6-8-15(9-7-14)19(20)16-10-11-17(21-4)18(12-16)22-13(2)3/h10-15,19-20H,5-9H2,1-4H3. The van der Waals surface area contributed by atoms with E-state index in [0.29, 0.717) is 5.92 Å². The summed E-state index contributed by atoms with van der Waals surface area (Å²) < 4.78 is 11.2. The average molecular weight is 306 g/mol. The van der Waals surface area contributed by atoms with Crippen LogP contribution in [-0.4, -0.2) is 18.3 Å². The maximum absolute atomic E-state index is 10.7. The van der Waals surface area contributed by atoms with Crippen molar-refractivity contribution in [2.45, 2.75) is 65.1 Å². The molecule has 0 aromatic heterocycles. The zero-order valence-electron chi connectivity index (χ0n) is 14.3. The molecule has 1 N–H and O–H groups in total. The van der Waals surface area contributed by atoms with Gasteiger partial charge in [0.1, 0.15) is 0 Å². The van der Waals surface area contributed by atoms with E-state index in [0.717, 1.165) is 35.8 Å². The van der Waals surface area contributed by atoms with Crippen LogP contribution in [-0.2, 0) is 0 Å². The van der Waals surface area contributed by atoms with E-state index < -0.39 is 6.10 Å². The zero-order valence-corrected chi connectivity index (χ0v) is 14.3. The van der Waals surface area contributed by atoms with Gasteiger partial charge in [-0.15, -0.1) is 0 Å². The van der Waals surface area contributed by atoms with E-state index >= 15 is 0 Å². The Labute approximate surface area is 134 Å². The highest BCUT2D eigenvalue weighted by molar-refractivity contribution is 5.43. The van der Waals surface area contributed by atoms with Gasteiger partial charge < -0.3 is 14.6 Å². The summed E-state index contributed by atoms with van der Waals surface area (Å²) in [5.41, 5.74) is 0.941. The molecule has 22 heavy (non-hydrogen) atoms. The summed E-state index contributed by atoms with van der Waals surface area (Å²) in [5.74, 6) is 2.65. The van der Waals surface area contributed by atoms with Gasteiger partial charge in [0.25, 0.3) is 0 Å². The van der Waals surface area contributed by atoms with Crippen molar-refractivity contribution in [3.63, 3.8) is 0 Å². The molecule has 0 spiro atoms. The molecule has 1 aromatic carbocycles. The predicted octanol–water partition coefficient (Wildman–Crippen LogP) is 4.73. The van der Waals surface area contributed by atoms with Crippen LogP contribution in [0.3, 0.4) is 0 Å². The first-order valence-corrected chi connectivity index (χ1v) is 8.57. The lowest BCUT2D eigenvalue weighted by molar-refractivity contribution is 0.0725. The van der Waals surface area contributed by atoms with Gasteiger partial charge in [0.15, 0.2) is 11.5 Å². The lowest BCUT2D eigenvalue weighted by atomic mass is 9.77.